The fourth-order valence-corrected chi connectivity index (χ4v) is 8.96. The average Bonchev–Trinajstić information content (AvgIpc) is 3.60. The average molecular weight is 837 g/mol. The molecule has 4 aromatic rings. The molecule has 1 aromatic carbocycles. The van der Waals surface area contributed by atoms with Gasteiger partial charge < -0.3 is 24.6 Å². The van der Waals surface area contributed by atoms with Gasteiger partial charge in [-0.3, -0.25) is 29.4 Å². The summed E-state index contributed by atoms with van der Waals surface area (Å²) >= 11 is 0. The van der Waals surface area contributed by atoms with Crippen LogP contribution in [-0.2, 0) is 26.2 Å². The maximum absolute atomic E-state index is 15.1. The second-order valence-corrected chi connectivity index (χ2v) is 16.7. The van der Waals surface area contributed by atoms with Gasteiger partial charge in [-0.15, -0.1) is 0 Å². The number of aliphatic hydroxyl groups is 1. The van der Waals surface area contributed by atoms with Crippen LogP contribution >= 0.6 is 0 Å². The van der Waals surface area contributed by atoms with E-state index in [1.807, 2.05) is 11.1 Å². The predicted octanol–water partition coefficient (Wildman–Crippen LogP) is 5.33. The Morgan fingerprint density at radius 1 is 0.900 bits per heavy atom. The summed E-state index contributed by atoms with van der Waals surface area (Å²) in [6.45, 7) is 6.37. The first kappa shape index (κ1) is 41.3. The summed E-state index contributed by atoms with van der Waals surface area (Å²) in [7, 11) is 0. The number of rotatable bonds is 8. The number of piperazine rings is 1. The summed E-state index contributed by atoms with van der Waals surface area (Å²) in [5.41, 5.74) is -1.10. The molecule has 3 saturated heterocycles. The third-order valence-corrected chi connectivity index (χ3v) is 12.3. The number of carbonyl (C=O) groups is 4. The Hall–Kier alpha value is -5.49. The number of halogens is 5. The molecule has 0 unspecified atom stereocenters. The molecule has 13 nitrogen and oxygen atoms in total. The zero-order chi connectivity index (χ0) is 42.7. The van der Waals surface area contributed by atoms with Gasteiger partial charge in [0.25, 0.3) is 5.91 Å². The maximum atomic E-state index is 15.1. The molecule has 4 aliphatic rings. The predicted molar refractivity (Wildman–Crippen MR) is 208 cm³/mol. The number of amides is 4. The van der Waals surface area contributed by atoms with E-state index >= 15 is 8.78 Å². The molecule has 318 valence electrons. The minimum absolute atomic E-state index is 0.00781. The summed E-state index contributed by atoms with van der Waals surface area (Å²) in [6, 6.07) is 7.46. The summed E-state index contributed by atoms with van der Waals surface area (Å²) < 4.78 is 71.7. The van der Waals surface area contributed by atoms with Crippen molar-refractivity contribution in [1.82, 2.24) is 29.5 Å². The van der Waals surface area contributed by atoms with Crippen LogP contribution in [0.25, 0.3) is 5.65 Å². The number of pyridine rings is 2. The third-order valence-electron chi connectivity index (χ3n) is 12.3. The van der Waals surface area contributed by atoms with E-state index in [1.54, 1.807) is 35.4 Å². The first-order chi connectivity index (χ1) is 28.4. The van der Waals surface area contributed by atoms with Crippen molar-refractivity contribution in [3.05, 3.63) is 88.6 Å². The Morgan fingerprint density at radius 3 is 2.22 bits per heavy atom. The highest BCUT2D eigenvalue weighted by atomic mass is 19.4. The number of hydrogen-bond donors (Lipinski definition) is 3. The number of benzene rings is 1. The van der Waals surface area contributed by atoms with Crippen LogP contribution in [-0.4, -0.2) is 98.2 Å². The van der Waals surface area contributed by atoms with Crippen molar-refractivity contribution < 1.29 is 46.2 Å². The Morgan fingerprint density at radius 2 is 1.58 bits per heavy atom. The SMILES string of the molecule is CC(C)(O)c1cc2nc(C3CCC(N4CCN(C(=O)C5CN(c6cc(F)c([C@H]7CCC(=O)NC7=O)c(F)c6)C5)CC4)CC3)cn2cc1NC(=O)c1cccc(C(F)(F)F)n1. The van der Waals surface area contributed by atoms with Crippen LogP contribution in [0.5, 0.6) is 0 Å². The number of fused-ring (bicyclic) bond motifs is 1. The van der Waals surface area contributed by atoms with E-state index in [1.165, 1.54) is 18.2 Å². The van der Waals surface area contributed by atoms with E-state index in [2.05, 4.69) is 20.5 Å². The van der Waals surface area contributed by atoms with E-state index in [0.29, 0.717) is 49.1 Å². The molecular formula is C42H45F5N8O5. The Labute approximate surface area is 341 Å². The highest BCUT2D eigenvalue weighted by molar-refractivity contribution is 6.03. The molecule has 0 radical (unpaired) electrons. The molecule has 4 amide bonds. The molecule has 4 fully saturated rings. The molecule has 18 heteroatoms. The number of piperidine rings is 1. The van der Waals surface area contributed by atoms with E-state index in [-0.39, 0.29) is 41.8 Å². The molecule has 6 heterocycles. The largest absolute Gasteiger partial charge is 0.433 e. The molecule has 3 aromatic heterocycles. The van der Waals surface area contributed by atoms with Crippen molar-refractivity contribution >= 4 is 40.7 Å². The number of nitrogens with zero attached hydrogens (tertiary/aromatic N) is 6. The van der Waals surface area contributed by atoms with Gasteiger partial charge in [-0.05, 0) is 76.3 Å². The number of nitrogens with one attached hydrogen (secondary N) is 2. The van der Waals surface area contributed by atoms with Crippen molar-refractivity contribution in [2.24, 2.45) is 5.92 Å². The number of hydrogen-bond acceptors (Lipinski definition) is 9. The van der Waals surface area contributed by atoms with Crippen molar-refractivity contribution in [1.29, 1.82) is 0 Å². The molecule has 1 atom stereocenters. The van der Waals surface area contributed by atoms with Crippen LogP contribution in [0, 0.1) is 17.6 Å². The molecule has 1 aliphatic carbocycles. The van der Waals surface area contributed by atoms with E-state index < -0.39 is 58.4 Å². The van der Waals surface area contributed by atoms with Crippen molar-refractivity contribution in [3.63, 3.8) is 0 Å². The monoisotopic (exact) mass is 836 g/mol. The second-order valence-electron chi connectivity index (χ2n) is 16.7. The number of alkyl halides is 3. The lowest BCUT2D eigenvalue weighted by atomic mass is 9.83. The number of aromatic nitrogens is 3. The number of anilines is 2. The second kappa shape index (κ2) is 15.8. The van der Waals surface area contributed by atoms with Gasteiger partial charge in [0.05, 0.1) is 28.8 Å². The molecule has 60 heavy (non-hydrogen) atoms. The Kier molecular flexibility index (Phi) is 10.9. The lowest BCUT2D eigenvalue weighted by molar-refractivity contribution is -0.141. The maximum Gasteiger partial charge on any atom is 0.433 e. The van der Waals surface area contributed by atoms with Crippen molar-refractivity contribution in [3.8, 4) is 0 Å². The summed E-state index contributed by atoms with van der Waals surface area (Å²) in [5.74, 6) is -4.92. The number of imide groups is 1. The van der Waals surface area contributed by atoms with E-state index in [4.69, 9.17) is 4.98 Å². The van der Waals surface area contributed by atoms with Crippen LogP contribution in [0.4, 0.5) is 33.3 Å². The standard InChI is InChI=1S/C42H45F5N8O5/c1-41(2,60)28-18-35-49-32(21-55(35)22-33(28)50-39(58)31-4-3-5-34(48-31)42(45,46)47)23-6-8-25(9-7-23)52-12-14-53(15-13-52)40(59)24-19-54(20-24)26-16-29(43)37(30(44)17-26)27-10-11-36(56)51-38(27)57/h3-5,16-18,21-25,27,60H,6-15,19-20H2,1-2H3,(H,50,58)(H,51,56,57)/t23?,25?,27-/m1/s1. The molecule has 3 N–H and O–H groups in total. The first-order valence-corrected chi connectivity index (χ1v) is 20.1. The molecular weight excluding hydrogens is 792 g/mol. The van der Waals surface area contributed by atoms with E-state index in [9.17, 15) is 37.5 Å². The fraction of sp³-hybridized carbons (Fsp3) is 0.476. The Balaban J connectivity index is 0.835. The summed E-state index contributed by atoms with van der Waals surface area (Å²) in [4.78, 5) is 64.6. The lowest BCUT2D eigenvalue weighted by Gasteiger charge is -2.45. The zero-order valence-electron chi connectivity index (χ0n) is 33.1. The highest BCUT2D eigenvalue weighted by Crippen LogP contribution is 2.38. The lowest BCUT2D eigenvalue weighted by Crippen LogP contribution is -2.59. The summed E-state index contributed by atoms with van der Waals surface area (Å²) in [5, 5.41) is 15.7. The van der Waals surface area contributed by atoms with E-state index in [0.717, 1.165) is 56.6 Å². The van der Waals surface area contributed by atoms with Crippen molar-refractivity contribution in [2.75, 3.05) is 49.5 Å². The molecule has 1 saturated carbocycles. The normalized spacial score (nSPS) is 22.2. The minimum atomic E-state index is -4.72. The van der Waals surface area contributed by atoms with Gasteiger partial charge in [0.15, 0.2) is 0 Å². The van der Waals surface area contributed by atoms with Crippen LogP contribution in [0.1, 0.15) is 97.2 Å². The molecule has 3 aliphatic heterocycles. The van der Waals surface area contributed by atoms with Gasteiger partial charge in [-0.1, -0.05) is 6.07 Å². The Bertz CT molecular complexity index is 2320. The fourth-order valence-electron chi connectivity index (χ4n) is 8.96. The molecule has 8 rings (SSSR count). The van der Waals surface area contributed by atoms with Crippen LogP contribution in [0.3, 0.4) is 0 Å². The van der Waals surface area contributed by atoms with Gasteiger partial charge in [-0.2, -0.15) is 13.2 Å². The minimum Gasteiger partial charge on any atom is -0.386 e. The van der Waals surface area contributed by atoms with Gasteiger partial charge in [0, 0.05) is 86.9 Å². The summed E-state index contributed by atoms with van der Waals surface area (Å²) in [6.07, 6.45) is 2.42. The quantitative estimate of drug-likeness (QED) is 0.158. The number of carbonyl (C=O) groups excluding carboxylic acids is 4. The van der Waals surface area contributed by atoms with Crippen molar-refractivity contribution in [2.45, 2.75) is 82.0 Å². The van der Waals surface area contributed by atoms with Crippen LogP contribution in [0.2, 0.25) is 0 Å². The molecule has 0 bridgehead atoms. The molecule has 0 spiro atoms. The van der Waals surface area contributed by atoms with Crippen LogP contribution < -0.4 is 15.5 Å². The van der Waals surface area contributed by atoms with Gasteiger partial charge in [0.2, 0.25) is 17.7 Å². The van der Waals surface area contributed by atoms with Crippen LogP contribution in [0.15, 0.2) is 48.8 Å². The van der Waals surface area contributed by atoms with Gasteiger partial charge in [0.1, 0.15) is 28.7 Å². The smallest absolute Gasteiger partial charge is 0.386 e. The number of imidazole rings is 1. The topological polar surface area (TPSA) is 152 Å². The zero-order valence-corrected chi connectivity index (χ0v) is 33.1. The van der Waals surface area contributed by atoms with Gasteiger partial charge >= 0.3 is 6.18 Å². The highest BCUT2D eigenvalue weighted by Gasteiger charge is 2.40. The first-order valence-electron chi connectivity index (χ1n) is 20.1. The van der Waals surface area contributed by atoms with Gasteiger partial charge in [-0.25, -0.2) is 18.7 Å². The third kappa shape index (κ3) is 8.31.